The van der Waals surface area contributed by atoms with Gasteiger partial charge in [-0.25, -0.2) is 14.6 Å². The molecule has 0 spiro atoms. The van der Waals surface area contributed by atoms with Gasteiger partial charge in [0.25, 0.3) is 0 Å². The number of anilines is 2. The lowest BCUT2D eigenvalue weighted by molar-refractivity contribution is -0.134. The number of aryl methyl sites for hydroxylation is 1. The SMILES string of the molecule is C1CSc2c(nc(N3CCNCC3)nc2N2CCCC2)C1.O=C(O)C=CC(=O)O. The lowest BCUT2D eigenvalue weighted by Crippen LogP contribution is -2.44. The molecule has 3 aliphatic rings. The molecule has 3 aliphatic heterocycles. The Morgan fingerprint density at radius 3 is 2.21 bits per heavy atom. The van der Waals surface area contributed by atoms with Gasteiger partial charge in [-0.2, -0.15) is 4.98 Å². The maximum Gasteiger partial charge on any atom is 0.328 e. The van der Waals surface area contributed by atoms with Gasteiger partial charge in [-0.1, -0.05) is 0 Å². The van der Waals surface area contributed by atoms with Crippen molar-refractivity contribution in [2.45, 2.75) is 30.6 Å². The number of nitrogens with one attached hydrogen (secondary N) is 1. The highest BCUT2D eigenvalue weighted by molar-refractivity contribution is 7.99. The average Bonchev–Trinajstić information content (AvgIpc) is 3.27. The van der Waals surface area contributed by atoms with E-state index in [4.69, 9.17) is 20.2 Å². The molecule has 9 nitrogen and oxygen atoms in total. The number of carboxylic acid groups (broad SMARTS) is 2. The zero-order chi connectivity index (χ0) is 20.6. The summed E-state index contributed by atoms with van der Waals surface area (Å²) in [6.07, 6.45) is 6.07. The number of carboxylic acids is 2. The molecular formula is C19H27N5O4S. The van der Waals surface area contributed by atoms with Gasteiger partial charge in [0.1, 0.15) is 5.82 Å². The summed E-state index contributed by atoms with van der Waals surface area (Å²) >= 11 is 1.96. The minimum atomic E-state index is -1.26. The van der Waals surface area contributed by atoms with Gasteiger partial charge in [0, 0.05) is 51.4 Å². The Morgan fingerprint density at radius 2 is 1.59 bits per heavy atom. The Balaban J connectivity index is 0.000000258. The molecular weight excluding hydrogens is 394 g/mol. The van der Waals surface area contributed by atoms with Gasteiger partial charge in [0.2, 0.25) is 5.95 Å². The number of carbonyl (C=O) groups is 2. The van der Waals surface area contributed by atoms with Gasteiger partial charge < -0.3 is 25.3 Å². The second kappa shape index (κ2) is 10.4. The fourth-order valence-electron chi connectivity index (χ4n) is 3.49. The van der Waals surface area contributed by atoms with Crippen LogP contribution in [0.1, 0.15) is 25.0 Å². The summed E-state index contributed by atoms with van der Waals surface area (Å²) in [5.41, 5.74) is 1.29. The van der Waals surface area contributed by atoms with Crippen molar-refractivity contribution in [3.05, 3.63) is 17.8 Å². The van der Waals surface area contributed by atoms with E-state index in [9.17, 15) is 9.59 Å². The number of thioether (sulfide) groups is 1. The van der Waals surface area contributed by atoms with E-state index in [-0.39, 0.29) is 0 Å². The highest BCUT2D eigenvalue weighted by Crippen LogP contribution is 2.38. The van der Waals surface area contributed by atoms with Crippen LogP contribution in [0.25, 0.3) is 0 Å². The smallest absolute Gasteiger partial charge is 0.328 e. The van der Waals surface area contributed by atoms with Gasteiger partial charge in [-0.15, -0.1) is 11.8 Å². The minimum absolute atomic E-state index is 0.558. The summed E-state index contributed by atoms with van der Waals surface area (Å²) < 4.78 is 0. The third-order valence-electron chi connectivity index (χ3n) is 4.88. The lowest BCUT2D eigenvalue weighted by Gasteiger charge is -2.30. The summed E-state index contributed by atoms with van der Waals surface area (Å²) in [6, 6.07) is 0. The number of aliphatic carboxylic acids is 2. The number of piperazine rings is 1. The number of rotatable bonds is 4. The quantitative estimate of drug-likeness (QED) is 0.613. The molecule has 0 unspecified atom stereocenters. The maximum absolute atomic E-state index is 9.55. The van der Waals surface area contributed by atoms with E-state index < -0.39 is 11.9 Å². The first-order valence-electron chi connectivity index (χ1n) is 9.93. The van der Waals surface area contributed by atoms with Crippen molar-refractivity contribution >= 4 is 35.5 Å². The van der Waals surface area contributed by atoms with Crippen LogP contribution in [-0.2, 0) is 16.0 Å². The van der Waals surface area contributed by atoms with Crippen molar-refractivity contribution in [2.75, 3.05) is 54.8 Å². The second-order valence-electron chi connectivity index (χ2n) is 7.02. The maximum atomic E-state index is 9.55. The third kappa shape index (κ3) is 6.07. The highest BCUT2D eigenvalue weighted by Gasteiger charge is 2.26. The number of fused-ring (bicyclic) bond motifs is 1. The number of nitrogens with zero attached hydrogens (tertiary/aromatic N) is 4. The molecule has 1 aromatic rings. The summed E-state index contributed by atoms with van der Waals surface area (Å²) in [5, 5.41) is 19.0. The van der Waals surface area contributed by atoms with Gasteiger partial charge in [0.15, 0.2) is 0 Å². The summed E-state index contributed by atoms with van der Waals surface area (Å²) in [7, 11) is 0. The van der Waals surface area contributed by atoms with Crippen molar-refractivity contribution in [3.63, 3.8) is 0 Å². The summed E-state index contributed by atoms with van der Waals surface area (Å²) in [6.45, 7) is 6.43. The van der Waals surface area contributed by atoms with Gasteiger partial charge in [-0.3, -0.25) is 0 Å². The molecule has 0 atom stereocenters. The Bertz CT molecular complexity index is 745. The highest BCUT2D eigenvalue weighted by atomic mass is 32.2. The van der Waals surface area contributed by atoms with Gasteiger partial charge in [-0.05, 0) is 31.4 Å². The molecule has 4 heterocycles. The molecule has 0 aromatic carbocycles. The molecule has 2 fully saturated rings. The molecule has 158 valence electrons. The normalized spacial score (nSPS) is 18.9. The third-order valence-corrected chi connectivity index (χ3v) is 6.08. The van der Waals surface area contributed by atoms with E-state index in [0.29, 0.717) is 12.2 Å². The van der Waals surface area contributed by atoms with E-state index in [2.05, 4.69) is 15.1 Å². The number of hydrogen-bond donors (Lipinski definition) is 3. The molecule has 1 aromatic heterocycles. The number of hydrogen-bond acceptors (Lipinski definition) is 8. The van der Waals surface area contributed by atoms with Crippen molar-refractivity contribution in [1.82, 2.24) is 15.3 Å². The molecule has 0 radical (unpaired) electrons. The zero-order valence-electron chi connectivity index (χ0n) is 16.3. The van der Waals surface area contributed by atoms with E-state index in [0.717, 1.165) is 51.6 Å². The van der Waals surface area contributed by atoms with Crippen molar-refractivity contribution in [2.24, 2.45) is 0 Å². The van der Waals surface area contributed by atoms with E-state index in [1.54, 1.807) is 0 Å². The van der Waals surface area contributed by atoms with Gasteiger partial charge in [0.05, 0.1) is 10.6 Å². The Morgan fingerprint density at radius 1 is 0.931 bits per heavy atom. The standard InChI is InChI=1S/C15H23N5S.C4H4O4/c1-2-8-19(7-1)14-13-12(4-3-11-21-13)17-15(18-14)20-9-5-16-6-10-20;5-3(6)1-2-4(7)8/h16H,1-11H2;1-2H,(H,5,6)(H,7,8). The van der Waals surface area contributed by atoms with Crippen LogP contribution in [-0.4, -0.2) is 77.1 Å². The molecule has 0 amide bonds. The summed E-state index contributed by atoms with van der Waals surface area (Å²) in [5.74, 6) is 0.875. The van der Waals surface area contributed by atoms with E-state index >= 15 is 0 Å². The number of aromatic nitrogens is 2. The molecule has 0 aliphatic carbocycles. The predicted molar refractivity (Wildman–Crippen MR) is 112 cm³/mol. The second-order valence-corrected chi connectivity index (χ2v) is 8.12. The fourth-order valence-corrected chi connectivity index (χ4v) is 4.61. The van der Waals surface area contributed by atoms with Crippen LogP contribution < -0.4 is 15.1 Å². The Kier molecular flexibility index (Phi) is 7.70. The zero-order valence-corrected chi connectivity index (χ0v) is 17.2. The minimum Gasteiger partial charge on any atom is -0.478 e. The lowest BCUT2D eigenvalue weighted by atomic mass is 10.2. The van der Waals surface area contributed by atoms with Crippen LogP contribution in [0.15, 0.2) is 17.0 Å². The molecule has 0 saturated carbocycles. The van der Waals surface area contributed by atoms with Crippen LogP contribution >= 0.6 is 11.8 Å². The largest absolute Gasteiger partial charge is 0.478 e. The Hall–Kier alpha value is -2.33. The van der Waals surface area contributed by atoms with Crippen molar-refractivity contribution in [1.29, 1.82) is 0 Å². The predicted octanol–water partition coefficient (Wildman–Crippen LogP) is 1.24. The molecule has 3 N–H and O–H groups in total. The van der Waals surface area contributed by atoms with E-state index in [1.807, 2.05) is 11.8 Å². The van der Waals surface area contributed by atoms with Crippen LogP contribution in [0, 0.1) is 0 Å². The van der Waals surface area contributed by atoms with Crippen LogP contribution in [0.4, 0.5) is 11.8 Å². The van der Waals surface area contributed by atoms with Crippen LogP contribution in [0.3, 0.4) is 0 Å². The molecule has 10 heteroatoms. The van der Waals surface area contributed by atoms with Crippen LogP contribution in [0.5, 0.6) is 0 Å². The first-order valence-corrected chi connectivity index (χ1v) is 10.9. The molecule has 0 bridgehead atoms. The van der Waals surface area contributed by atoms with Crippen LogP contribution in [0.2, 0.25) is 0 Å². The average molecular weight is 422 g/mol. The molecule has 2 saturated heterocycles. The van der Waals surface area contributed by atoms with Crippen molar-refractivity contribution in [3.8, 4) is 0 Å². The summed E-state index contributed by atoms with van der Waals surface area (Å²) in [4.78, 5) is 35.2. The first-order chi connectivity index (χ1) is 14.0. The first kappa shape index (κ1) is 21.4. The fraction of sp³-hybridized carbons (Fsp3) is 0.579. The van der Waals surface area contributed by atoms with Crippen molar-refractivity contribution < 1.29 is 19.8 Å². The Labute approximate surface area is 174 Å². The monoisotopic (exact) mass is 421 g/mol. The molecule has 29 heavy (non-hydrogen) atoms. The molecule has 4 rings (SSSR count). The van der Waals surface area contributed by atoms with E-state index in [1.165, 1.54) is 41.4 Å². The van der Waals surface area contributed by atoms with Gasteiger partial charge >= 0.3 is 11.9 Å². The topological polar surface area (TPSA) is 119 Å².